The highest BCUT2D eigenvalue weighted by molar-refractivity contribution is 7.07. The molecule has 0 unspecified atom stereocenters. The number of benzene rings is 2. The molecule has 4 heteroatoms. The molecule has 27 heavy (non-hydrogen) atoms. The van der Waals surface area contributed by atoms with Crippen LogP contribution in [0, 0.1) is 0 Å². The van der Waals surface area contributed by atoms with E-state index in [1.54, 1.807) is 11.3 Å². The smallest absolute Gasteiger partial charge is 0.234 e. The van der Waals surface area contributed by atoms with Crippen LogP contribution in [0.3, 0.4) is 0 Å². The normalized spacial score (nSPS) is 17.1. The lowest BCUT2D eigenvalue weighted by atomic mass is 9.85. The zero-order chi connectivity index (χ0) is 18.2. The maximum absolute atomic E-state index is 13.5. The zero-order valence-electron chi connectivity index (χ0n) is 15.0. The van der Waals surface area contributed by atoms with Crippen LogP contribution >= 0.6 is 11.3 Å². The molecule has 1 fully saturated rings. The summed E-state index contributed by atoms with van der Waals surface area (Å²) in [6.45, 7) is 1.64. The summed E-state index contributed by atoms with van der Waals surface area (Å²) in [4.78, 5) is 15.6. The molecule has 0 radical (unpaired) electrons. The van der Waals surface area contributed by atoms with E-state index in [-0.39, 0.29) is 11.8 Å². The quantitative estimate of drug-likeness (QED) is 0.601. The van der Waals surface area contributed by atoms with Crippen LogP contribution in [0.4, 0.5) is 0 Å². The van der Waals surface area contributed by atoms with E-state index < -0.39 is 0 Å². The minimum absolute atomic E-state index is 0.196. The Labute approximate surface area is 163 Å². The molecule has 1 saturated heterocycles. The predicted octanol–water partition coefficient (Wildman–Crippen LogP) is 5.39. The Hall–Kier alpha value is -2.59. The van der Waals surface area contributed by atoms with Gasteiger partial charge in [-0.2, -0.15) is 11.3 Å². The molecular weight excluding hydrogens is 354 g/mol. The van der Waals surface area contributed by atoms with E-state index in [4.69, 9.17) is 4.74 Å². The summed E-state index contributed by atoms with van der Waals surface area (Å²) in [5, 5.41) is 4.38. The molecule has 0 bridgehead atoms. The van der Waals surface area contributed by atoms with Crippen LogP contribution in [0.15, 0.2) is 65.4 Å². The number of carbonyl (C=O) groups excluding carboxylic acids is 1. The molecule has 3 heterocycles. The van der Waals surface area contributed by atoms with Crippen molar-refractivity contribution in [2.24, 2.45) is 0 Å². The summed E-state index contributed by atoms with van der Waals surface area (Å²) in [7, 11) is 0. The number of amides is 1. The molecule has 1 aromatic heterocycles. The van der Waals surface area contributed by atoms with Crippen molar-refractivity contribution < 1.29 is 9.53 Å². The third kappa shape index (κ3) is 2.94. The molecule has 0 saturated carbocycles. The molecule has 0 atom stereocenters. The lowest BCUT2D eigenvalue weighted by Gasteiger charge is -2.36. The minimum Gasteiger partial charge on any atom is -0.457 e. The summed E-state index contributed by atoms with van der Waals surface area (Å²) in [5.74, 6) is 2.09. The van der Waals surface area contributed by atoms with E-state index in [1.807, 2.05) is 53.4 Å². The Balaban J connectivity index is 1.42. The van der Waals surface area contributed by atoms with E-state index in [1.165, 1.54) is 5.56 Å². The van der Waals surface area contributed by atoms with E-state index in [9.17, 15) is 4.79 Å². The van der Waals surface area contributed by atoms with Crippen molar-refractivity contribution in [2.75, 3.05) is 13.1 Å². The SMILES string of the molecule is O=C(C1c2ccccc2Oc2ccccc21)N1CCC(c2ccsc2)CC1. The first-order valence-electron chi connectivity index (χ1n) is 9.48. The highest BCUT2D eigenvalue weighted by Gasteiger charge is 2.36. The lowest BCUT2D eigenvalue weighted by Crippen LogP contribution is -2.41. The average Bonchev–Trinajstić information content (AvgIpc) is 3.26. The van der Waals surface area contributed by atoms with Gasteiger partial charge in [-0.1, -0.05) is 36.4 Å². The van der Waals surface area contributed by atoms with E-state index in [2.05, 4.69) is 16.8 Å². The fourth-order valence-electron chi connectivity index (χ4n) is 4.30. The zero-order valence-corrected chi connectivity index (χ0v) is 15.8. The molecule has 3 aromatic rings. The van der Waals surface area contributed by atoms with Gasteiger partial charge in [0.1, 0.15) is 11.5 Å². The fraction of sp³-hybridized carbons (Fsp3) is 0.261. The second-order valence-corrected chi connectivity index (χ2v) is 8.05. The van der Waals surface area contributed by atoms with Crippen molar-refractivity contribution in [3.63, 3.8) is 0 Å². The summed E-state index contributed by atoms with van der Waals surface area (Å²) < 4.78 is 6.04. The van der Waals surface area contributed by atoms with Crippen LogP contribution in [0.1, 0.15) is 41.4 Å². The van der Waals surface area contributed by atoms with Gasteiger partial charge in [0.05, 0.1) is 5.92 Å². The monoisotopic (exact) mass is 375 g/mol. The Morgan fingerprint density at radius 1 is 0.926 bits per heavy atom. The largest absolute Gasteiger partial charge is 0.457 e. The number of fused-ring (bicyclic) bond motifs is 2. The highest BCUT2D eigenvalue weighted by Crippen LogP contribution is 2.45. The Morgan fingerprint density at radius 3 is 2.15 bits per heavy atom. The Morgan fingerprint density at radius 2 is 1.56 bits per heavy atom. The molecule has 2 aromatic carbocycles. The summed E-state index contributed by atoms with van der Waals surface area (Å²) in [6, 6.07) is 18.1. The van der Waals surface area contributed by atoms with Gasteiger partial charge in [-0.15, -0.1) is 0 Å². The molecule has 1 amide bonds. The number of likely N-dealkylation sites (tertiary alicyclic amines) is 1. The standard InChI is InChI=1S/C23H21NO2S/c25-23(24-12-9-16(10-13-24)17-11-14-27-15-17)22-18-5-1-3-7-20(18)26-21-8-4-2-6-19(21)22/h1-8,11,14-16,22H,9-10,12-13H2. The number of hydrogen-bond acceptors (Lipinski definition) is 3. The van der Waals surface area contributed by atoms with Gasteiger partial charge in [0.2, 0.25) is 5.91 Å². The third-order valence-corrected chi connectivity index (χ3v) is 6.45. The number of hydrogen-bond donors (Lipinski definition) is 0. The number of para-hydroxylation sites is 2. The lowest BCUT2D eigenvalue weighted by molar-refractivity contribution is -0.133. The number of nitrogens with zero attached hydrogens (tertiary/aromatic N) is 1. The molecule has 2 aliphatic heterocycles. The van der Waals surface area contributed by atoms with Crippen LogP contribution in [-0.2, 0) is 4.79 Å². The van der Waals surface area contributed by atoms with Gasteiger partial charge in [0, 0.05) is 24.2 Å². The van der Waals surface area contributed by atoms with Crippen LogP contribution in [0.25, 0.3) is 0 Å². The van der Waals surface area contributed by atoms with Gasteiger partial charge >= 0.3 is 0 Å². The first-order chi connectivity index (χ1) is 13.3. The Kier molecular flexibility index (Phi) is 4.21. The average molecular weight is 375 g/mol. The van der Waals surface area contributed by atoms with Crippen molar-refractivity contribution in [1.29, 1.82) is 0 Å². The van der Waals surface area contributed by atoms with Gasteiger partial charge in [-0.25, -0.2) is 0 Å². The number of thiophene rings is 1. The molecule has 2 aliphatic rings. The first-order valence-corrected chi connectivity index (χ1v) is 10.4. The molecule has 0 aliphatic carbocycles. The minimum atomic E-state index is -0.274. The van der Waals surface area contributed by atoms with Crippen molar-refractivity contribution >= 4 is 17.2 Å². The van der Waals surface area contributed by atoms with Gasteiger partial charge in [-0.05, 0) is 53.3 Å². The number of carbonyl (C=O) groups is 1. The summed E-state index contributed by atoms with van der Waals surface area (Å²) in [6.07, 6.45) is 2.07. The second-order valence-electron chi connectivity index (χ2n) is 7.27. The highest BCUT2D eigenvalue weighted by atomic mass is 32.1. The van der Waals surface area contributed by atoms with E-state index >= 15 is 0 Å². The van der Waals surface area contributed by atoms with Crippen LogP contribution < -0.4 is 4.74 Å². The van der Waals surface area contributed by atoms with Gasteiger partial charge in [0.25, 0.3) is 0 Å². The van der Waals surface area contributed by atoms with Crippen molar-refractivity contribution in [2.45, 2.75) is 24.7 Å². The molecule has 136 valence electrons. The van der Waals surface area contributed by atoms with Crippen LogP contribution in [0.5, 0.6) is 11.5 Å². The maximum atomic E-state index is 13.5. The number of piperidine rings is 1. The number of rotatable bonds is 2. The molecule has 0 N–H and O–H groups in total. The summed E-state index contributed by atoms with van der Waals surface area (Å²) in [5.41, 5.74) is 3.37. The van der Waals surface area contributed by atoms with Crippen molar-refractivity contribution in [1.82, 2.24) is 4.90 Å². The summed E-state index contributed by atoms with van der Waals surface area (Å²) >= 11 is 1.75. The molecule has 5 rings (SSSR count). The van der Waals surface area contributed by atoms with E-state index in [0.29, 0.717) is 5.92 Å². The Bertz CT molecular complexity index is 913. The molecule has 3 nitrogen and oxygen atoms in total. The fourth-order valence-corrected chi connectivity index (χ4v) is 5.04. The van der Waals surface area contributed by atoms with Gasteiger partial charge in [0.15, 0.2) is 0 Å². The predicted molar refractivity (Wildman–Crippen MR) is 108 cm³/mol. The third-order valence-electron chi connectivity index (χ3n) is 5.75. The number of ether oxygens (including phenoxy) is 1. The van der Waals surface area contributed by atoms with Gasteiger partial charge < -0.3 is 9.64 Å². The maximum Gasteiger partial charge on any atom is 0.234 e. The topological polar surface area (TPSA) is 29.5 Å². The molecular formula is C23H21NO2S. The van der Waals surface area contributed by atoms with E-state index in [0.717, 1.165) is 48.6 Å². The van der Waals surface area contributed by atoms with Crippen LogP contribution in [-0.4, -0.2) is 23.9 Å². The van der Waals surface area contributed by atoms with Crippen molar-refractivity contribution in [3.8, 4) is 11.5 Å². The van der Waals surface area contributed by atoms with Crippen molar-refractivity contribution in [3.05, 3.63) is 82.0 Å². The molecule has 0 spiro atoms. The second kappa shape index (κ2) is 6.86. The first kappa shape index (κ1) is 16.6. The van der Waals surface area contributed by atoms with Gasteiger partial charge in [-0.3, -0.25) is 4.79 Å². The van der Waals surface area contributed by atoms with Crippen LogP contribution in [0.2, 0.25) is 0 Å².